The minimum atomic E-state index is 0.103. The van der Waals surface area contributed by atoms with E-state index in [4.69, 9.17) is 35.4 Å². The van der Waals surface area contributed by atoms with Crippen LogP contribution in [0.15, 0.2) is 35.2 Å². The Kier molecular flexibility index (Phi) is 6.37. The zero-order valence-corrected chi connectivity index (χ0v) is 15.5. The number of nitrogens with zero attached hydrogens (tertiary/aromatic N) is 2. The van der Waals surface area contributed by atoms with Gasteiger partial charge in [0.05, 0.1) is 0 Å². The van der Waals surface area contributed by atoms with Gasteiger partial charge < -0.3 is 10.6 Å². The summed E-state index contributed by atoms with van der Waals surface area (Å²) in [7, 11) is 0. The van der Waals surface area contributed by atoms with E-state index in [2.05, 4.69) is 36.5 Å². The molecule has 1 heterocycles. The first kappa shape index (κ1) is 17.4. The van der Waals surface area contributed by atoms with E-state index in [0.717, 1.165) is 5.56 Å². The number of nitrogens with one attached hydrogen (secondary N) is 2. The minimum absolute atomic E-state index is 0.103. The summed E-state index contributed by atoms with van der Waals surface area (Å²) < 4.78 is 0.598. The quantitative estimate of drug-likeness (QED) is 0.707. The predicted molar refractivity (Wildman–Crippen MR) is 98.8 cm³/mol. The summed E-state index contributed by atoms with van der Waals surface area (Å²) in [5, 5.41) is 7.86. The number of halogens is 3. The van der Waals surface area contributed by atoms with Crippen LogP contribution in [0.1, 0.15) is 18.4 Å². The normalized spacial score (nSPS) is 11.8. The van der Waals surface area contributed by atoms with E-state index in [1.165, 1.54) is 0 Å². The first-order valence-electron chi connectivity index (χ1n) is 6.44. The molecule has 0 amide bonds. The van der Waals surface area contributed by atoms with E-state index in [0.29, 0.717) is 32.1 Å². The molecule has 0 aliphatic rings. The summed E-state index contributed by atoms with van der Waals surface area (Å²) in [5.74, 6) is 0.662. The summed E-state index contributed by atoms with van der Waals surface area (Å²) in [6.45, 7) is 2.62. The lowest BCUT2D eigenvalue weighted by Crippen LogP contribution is -2.32. The third-order valence-corrected chi connectivity index (χ3v) is 4.43. The Bertz CT molecular complexity index is 663. The standard InChI is InChI=1S/C14H13BrCl2N4S/c1-8(11-9(16)3-2-4-10(11)17)7-20-14(22)21-13-12(15)18-5-6-19-13/h2-6,8H,7H2,1H3,(H2,19,20,21,22). The van der Waals surface area contributed by atoms with Gasteiger partial charge in [0.25, 0.3) is 0 Å². The first-order valence-corrected chi connectivity index (χ1v) is 8.40. The Morgan fingerprint density at radius 2 is 1.91 bits per heavy atom. The van der Waals surface area contributed by atoms with E-state index in [1.807, 2.05) is 25.1 Å². The molecule has 1 aromatic heterocycles. The lowest BCUT2D eigenvalue weighted by atomic mass is 10.0. The van der Waals surface area contributed by atoms with Gasteiger partial charge >= 0.3 is 0 Å². The minimum Gasteiger partial charge on any atom is -0.362 e. The van der Waals surface area contributed by atoms with Crippen LogP contribution in [0.4, 0.5) is 5.82 Å². The number of benzene rings is 1. The van der Waals surface area contributed by atoms with Crippen molar-refractivity contribution in [3.8, 4) is 0 Å². The van der Waals surface area contributed by atoms with Gasteiger partial charge in [-0.1, -0.05) is 36.2 Å². The van der Waals surface area contributed by atoms with Crippen LogP contribution in [0.2, 0.25) is 10.0 Å². The van der Waals surface area contributed by atoms with E-state index in [1.54, 1.807) is 12.4 Å². The third kappa shape index (κ3) is 4.52. The van der Waals surface area contributed by atoms with Crippen LogP contribution in [-0.4, -0.2) is 21.6 Å². The van der Waals surface area contributed by atoms with Crippen molar-refractivity contribution in [1.82, 2.24) is 15.3 Å². The van der Waals surface area contributed by atoms with Gasteiger partial charge in [-0.3, -0.25) is 0 Å². The fourth-order valence-electron chi connectivity index (χ4n) is 1.89. The maximum Gasteiger partial charge on any atom is 0.172 e. The van der Waals surface area contributed by atoms with Gasteiger partial charge in [0.1, 0.15) is 4.60 Å². The maximum atomic E-state index is 6.21. The zero-order valence-electron chi connectivity index (χ0n) is 11.6. The molecule has 0 bridgehead atoms. The second kappa shape index (κ2) is 8.06. The molecular formula is C14H13BrCl2N4S. The van der Waals surface area contributed by atoms with Gasteiger partial charge in [0.15, 0.2) is 10.9 Å². The maximum absolute atomic E-state index is 6.21. The molecule has 0 fully saturated rings. The second-order valence-electron chi connectivity index (χ2n) is 4.57. The van der Waals surface area contributed by atoms with E-state index >= 15 is 0 Å². The fraction of sp³-hybridized carbons (Fsp3) is 0.214. The average molecular weight is 420 g/mol. The van der Waals surface area contributed by atoms with Crippen molar-refractivity contribution < 1.29 is 0 Å². The molecule has 2 rings (SSSR count). The number of thiocarbonyl (C=S) groups is 1. The van der Waals surface area contributed by atoms with Crippen molar-refractivity contribution in [3.63, 3.8) is 0 Å². The van der Waals surface area contributed by atoms with Crippen molar-refractivity contribution in [3.05, 3.63) is 50.8 Å². The number of aromatic nitrogens is 2. The zero-order chi connectivity index (χ0) is 16.1. The van der Waals surface area contributed by atoms with Crippen LogP contribution >= 0.6 is 51.3 Å². The summed E-state index contributed by atoms with van der Waals surface area (Å²) in [4.78, 5) is 8.21. The summed E-state index contributed by atoms with van der Waals surface area (Å²) in [6.07, 6.45) is 3.18. The van der Waals surface area contributed by atoms with Crippen LogP contribution in [0, 0.1) is 0 Å². The van der Waals surface area contributed by atoms with Crippen molar-refractivity contribution in [2.24, 2.45) is 0 Å². The van der Waals surface area contributed by atoms with E-state index < -0.39 is 0 Å². The molecule has 1 unspecified atom stereocenters. The predicted octanol–water partition coefficient (Wildman–Crippen LogP) is 4.64. The molecule has 8 heteroatoms. The average Bonchev–Trinajstić information content (AvgIpc) is 2.47. The highest BCUT2D eigenvalue weighted by Gasteiger charge is 2.14. The van der Waals surface area contributed by atoms with Gasteiger partial charge in [-0.15, -0.1) is 0 Å². The number of hydrogen-bond acceptors (Lipinski definition) is 3. The summed E-state index contributed by atoms with van der Waals surface area (Å²) in [6, 6.07) is 5.48. The molecular weight excluding hydrogens is 407 g/mol. The van der Waals surface area contributed by atoms with Crippen LogP contribution in [0.3, 0.4) is 0 Å². The highest BCUT2D eigenvalue weighted by atomic mass is 79.9. The van der Waals surface area contributed by atoms with Crippen LogP contribution in [-0.2, 0) is 0 Å². The van der Waals surface area contributed by atoms with Crippen molar-refractivity contribution >= 4 is 62.3 Å². The SMILES string of the molecule is CC(CNC(=S)Nc1nccnc1Br)c1c(Cl)cccc1Cl. The van der Waals surface area contributed by atoms with Crippen molar-refractivity contribution in [1.29, 1.82) is 0 Å². The van der Waals surface area contributed by atoms with Gasteiger partial charge in [-0.2, -0.15) is 0 Å². The van der Waals surface area contributed by atoms with Crippen molar-refractivity contribution in [2.45, 2.75) is 12.8 Å². The molecule has 0 saturated heterocycles. The fourth-order valence-corrected chi connectivity index (χ4v) is 3.16. The van der Waals surface area contributed by atoms with E-state index in [-0.39, 0.29) is 5.92 Å². The molecule has 0 saturated carbocycles. The Balaban J connectivity index is 1.95. The van der Waals surface area contributed by atoms with Crippen LogP contribution in [0.25, 0.3) is 0 Å². The molecule has 0 spiro atoms. The molecule has 0 aliphatic heterocycles. The molecule has 4 nitrogen and oxygen atoms in total. The molecule has 116 valence electrons. The topological polar surface area (TPSA) is 49.8 Å². The largest absolute Gasteiger partial charge is 0.362 e. The summed E-state index contributed by atoms with van der Waals surface area (Å²) in [5.41, 5.74) is 0.904. The van der Waals surface area contributed by atoms with Gasteiger partial charge in [-0.25, -0.2) is 9.97 Å². The Morgan fingerprint density at radius 1 is 1.27 bits per heavy atom. The lowest BCUT2D eigenvalue weighted by molar-refractivity contribution is 0.724. The Hall–Kier alpha value is -0.950. The molecule has 0 aliphatic carbocycles. The molecule has 0 radical (unpaired) electrons. The highest BCUT2D eigenvalue weighted by molar-refractivity contribution is 9.10. The molecule has 22 heavy (non-hydrogen) atoms. The molecule has 1 atom stereocenters. The Morgan fingerprint density at radius 3 is 2.55 bits per heavy atom. The highest BCUT2D eigenvalue weighted by Crippen LogP contribution is 2.30. The number of hydrogen-bond donors (Lipinski definition) is 2. The van der Waals surface area contributed by atoms with Crippen LogP contribution < -0.4 is 10.6 Å². The lowest BCUT2D eigenvalue weighted by Gasteiger charge is -2.17. The van der Waals surface area contributed by atoms with E-state index in [9.17, 15) is 0 Å². The molecule has 2 N–H and O–H groups in total. The molecule has 1 aromatic carbocycles. The third-order valence-electron chi connectivity index (χ3n) is 2.95. The second-order valence-corrected chi connectivity index (χ2v) is 6.54. The molecule has 2 aromatic rings. The van der Waals surface area contributed by atoms with Crippen molar-refractivity contribution in [2.75, 3.05) is 11.9 Å². The Labute approximate surface area is 152 Å². The smallest absolute Gasteiger partial charge is 0.172 e. The van der Waals surface area contributed by atoms with Gasteiger partial charge in [0.2, 0.25) is 0 Å². The number of anilines is 1. The monoisotopic (exact) mass is 418 g/mol. The van der Waals surface area contributed by atoms with Gasteiger partial charge in [0, 0.05) is 34.9 Å². The van der Waals surface area contributed by atoms with Gasteiger partial charge in [-0.05, 0) is 45.8 Å². The summed E-state index contributed by atoms with van der Waals surface area (Å²) >= 11 is 21.0. The first-order chi connectivity index (χ1) is 10.5. The van der Waals surface area contributed by atoms with Crippen LogP contribution in [0.5, 0.6) is 0 Å². The number of rotatable bonds is 4.